The SMILES string of the molecule is CC(C)(O)CCN1CC(N)(C2CC2)C1. The minimum Gasteiger partial charge on any atom is -0.390 e. The van der Waals surface area contributed by atoms with Gasteiger partial charge < -0.3 is 10.8 Å². The van der Waals surface area contributed by atoms with E-state index in [1.54, 1.807) is 0 Å². The van der Waals surface area contributed by atoms with Crippen LogP contribution in [0.25, 0.3) is 0 Å². The second kappa shape index (κ2) is 3.19. The number of likely N-dealkylation sites (tertiary alicyclic amines) is 1. The normalized spacial score (nSPS) is 27.4. The lowest BCUT2D eigenvalue weighted by Crippen LogP contribution is -2.68. The van der Waals surface area contributed by atoms with Gasteiger partial charge in [0.05, 0.1) is 5.60 Å². The molecule has 0 aromatic carbocycles. The standard InChI is InChI=1S/C11H22N2O/c1-10(2,14)5-6-13-7-11(12,8-13)9-3-4-9/h9,14H,3-8,12H2,1-2H3. The van der Waals surface area contributed by atoms with Crippen LogP contribution in [0.1, 0.15) is 33.1 Å². The van der Waals surface area contributed by atoms with E-state index in [-0.39, 0.29) is 5.54 Å². The molecular weight excluding hydrogens is 176 g/mol. The van der Waals surface area contributed by atoms with Gasteiger partial charge in [-0.25, -0.2) is 0 Å². The van der Waals surface area contributed by atoms with Crippen molar-refractivity contribution in [3.05, 3.63) is 0 Å². The van der Waals surface area contributed by atoms with Crippen LogP contribution in [0, 0.1) is 5.92 Å². The largest absolute Gasteiger partial charge is 0.390 e. The molecule has 0 bridgehead atoms. The Bertz CT molecular complexity index is 212. The van der Waals surface area contributed by atoms with Crippen LogP contribution in [0.3, 0.4) is 0 Å². The van der Waals surface area contributed by atoms with Crippen molar-refractivity contribution in [1.82, 2.24) is 4.90 Å². The molecule has 1 heterocycles. The third-order valence-electron chi connectivity index (χ3n) is 3.47. The van der Waals surface area contributed by atoms with Crippen molar-refractivity contribution < 1.29 is 5.11 Å². The molecule has 0 aromatic rings. The third-order valence-corrected chi connectivity index (χ3v) is 3.47. The van der Waals surface area contributed by atoms with E-state index in [0.717, 1.165) is 32.0 Å². The first-order valence-corrected chi connectivity index (χ1v) is 5.63. The maximum absolute atomic E-state index is 9.58. The van der Waals surface area contributed by atoms with Crippen LogP contribution >= 0.6 is 0 Å². The summed E-state index contributed by atoms with van der Waals surface area (Å²) in [6.45, 7) is 6.78. The predicted octanol–water partition coefficient (Wildman–Crippen LogP) is 0.570. The Morgan fingerprint density at radius 2 is 2.00 bits per heavy atom. The Morgan fingerprint density at radius 3 is 2.43 bits per heavy atom. The van der Waals surface area contributed by atoms with Gasteiger partial charge in [-0.1, -0.05) is 0 Å². The van der Waals surface area contributed by atoms with Crippen molar-refractivity contribution in [3.63, 3.8) is 0 Å². The Labute approximate surface area is 86.3 Å². The van der Waals surface area contributed by atoms with Gasteiger partial charge in [0, 0.05) is 25.2 Å². The van der Waals surface area contributed by atoms with E-state index in [4.69, 9.17) is 5.73 Å². The van der Waals surface area contributed by atoms with Crippen LogP contribution in [0.15, 0.2) is 0 Å². The molecule has 1 saturated carbocycles. The zero-order chi connectivity index (χ0) is 10.4. The summed E-state index contributed by atoms with van der Waals surface area (Å²) >= 11 is 0. The van der Waals surface area contributed by atoms with Crippen molar-refractivity contribution in [1.29, 1.82) is 0 Å². The molecule has 14 heavy (non-hydrogen) atoms. The first-order valence-electron chi connectivity index (χ1n) is 5.63. The van der Waals surface area contributed by atoms with Gasteiger partial charge >= 0.3 is 0 Å². The molecule has 2 fully saturated rings. The van der Waals surface area contributed by atoms with Crippen molar-refractivity contribution in [2.75, 3.05) is 19.6 Å². The Kier molecular flexibility index (Phi) is 2.37. The highest BCUT2D eigenvalue weighted by Gasteiger charge is 2.49. The molecule has 0 radical (unpaired) electrons. The molecule has 3 N–H and O–H groups in total. The van der Waals surface area contributed by atoms with Crippen LogP contribution < -0.4 is 5.73 Å². The van der Waals surface area contributed by atoms with Crippen molar-refractivity contribution in [2.24, 2.45) is 11.7 Å². The molecule has 0 spiro atoms. The van der Waals surface area contributed by atoms with Crippen LogP contribution in [-0.2, 0) is 0 Å². The first kappa shape index (κ1) is 10.4. The molecule has 3 nitrogen and oxygen atoms in total. The lowest BCUT2D eigenvalue weighted by atomic mass is 9.85. The van der Waals surface area contributed by atoms with Gasteiger partial charge in [-0.3, -0.25) is 4.90 Å². The van der Waals surface area contributed by atoms with Crippen LogP contribution in [-0.4, -0.2) is 40.8 Å². The number of hydrogen-bond donors (Lipinski definition) is 2. The van der Waals surface area contributed by atoms with E-state index in [9.17, 15) is 5.11 Å². The number of hydrogen-bond acceptors (Lipinski definition) is 3. The summed E-state index contributed by atoms with van der Waals surface area (Å²) in [7, 11) is 0. The molecule has 1 saturated heterocycles. The maximum atomic E-state index is 9.58. The maximum Gasteiger partial charge on any atom is 0.0603 e. The van der Waals surface area contributed by atoms with Crippen molar-refractivity contribution in [2.45, 2.75) is 44.2 Å². The average Bonchev–Trinajstić information content (AvgIpc) is 2.75. The quantitative estimate of drug-likeness (QED) is 0.694. The molecular formula is C11H22N2O. The van der Waals surface area contributed by atoms with Gasteiger partial charge in [0.25, 0.3) is 0 Å². The van der Waals surface area contributed by atoms with Gasteiger partial charge in [-0.05, 0) is 39.0 Å². The van der Waals surface area contributed by atoms with Gasteiger partial charge in [-0.2, -0.15) is 0 Å². The minimum atomic E-state index is -0.535. The zero-order valence-electron chi connectivity index (χ0n) is 9.29. The summed E-state index contributed by atoms with van der Waals surface area (Å²) in [4.78, 5) is 2.36. The van der Waals surface area contributed by atoms with Gasteiger partial charge in [0.15, 0.2) is 0 Å². The average molecular weight is 198 g/mol. The van der Waals surface area contributed by atoms with E-state index in [0.29, 0.717) is 0 Å². The highest BCUT2D eigenvalue weighted by Crippen LogP contribution is 2.42. The second-order valence-corrected chi connectivity index (χ2v) is 5.78. The topological polar surface area (TPSA) is 49.5 Å². The molecule has 82 valence electrons. The van der Waals surface area contributed by atoms with Crippen molar-refractivity contribution >= 4 is 0 Å². The van der Waals surface area contributed by atoms with Crippen LogP contribution in [0.2, 0.25) is 0 Å². The smallest absolute Gasteiger partial charge is 0.0603 e. The Balaban J connectivity index is 1.67. The Hall–Kier alpha value is -0.120. The summed E-state index contributed by atoms with van der Waals surface area (Å²) in [5.41, 5.74) is 5.82. The summed E-state index contributed by atoms with van der Waals surface area (Å²) < 4.78 is 0. The van der Waals surface area contributed by atoms with Crippen molar-refractivity contribution in [3.8, 4) is 0 Å². The third kappa shape index (κ3) is 2.27. The first-order chi connectivity index (χ1) is 6.39. The van der Waals surface area contributed by atoms with E-state index in [1.165, 1.54) is 12.8 Å². The van der Waals surface area contributed by atoms with Crippen LogP contribution in [0.4, 0.5) is 0 Å². The zero-order valence-corrected chi connectivity index (χ0v) is 9.29. The highest BCUT2D eigenvalue weighted by atomic mass is 16.3. The molecule has 2 aliphatic rings. The number of nitrogens with two attached hydrogens (primary N) is 1. The van der Waals surface area contributed by atoms with E-state index >= 15 is 0 Å². The molecule has 1 aliphatic heterocycles. The summed E-state index contributed by atoms with van der Waals surface area (Å²) in [6.07, 6.45) is 3.50. The molecule has 0 unspecified atom stereocenters. The van der Waals surface area contributed by atoms with E-state index in [1.807, 2.05) is 13.8 Å². The minimum absolute atomic E-state index is 0.125. The number of aliphatic hydroxyl groups is 1. The molecule has 1 aliphatic carbocycles. The Morgan fingerprint density at radius 1 is 1.43 bits per heavy atom. The number of nitrogens with zero attached hydrogens (tertiary/aromatic N) is 1. The van der Waals surface area contributed by atoms with Gasteiger partial charge in [0.1, 0.15) is 0 Å². The molecule has 0 aromatic heterocycles. The summed E-state index contributed by atoms with van der Waals surface area (Å²) in [5.74, 6) is 0.792. The van der Waals surface area contributed by atoms with Gasteiger partial charge in [-0.15, -0.1) is 0 Å². The molecule has 2 rings (SSSR count). The summed E-state index contributed by atoms with van der Waals surface area (Å²) in [6, 6.07) is 0. The second-order valence-electron chi connectivity index (χ2n) is 5.78. The fourth-order valence-electron chi connectivity index (χ4n) is 2.29. The fraction of sp³-hybridized carbons (Fsp3) is 1.00. The molecule has 0 amide bonds. The number of rotatable bonds is 4. The van der Waals surface area contributed by atoms with E-state index < -0.39 is 5.60 Å². The van der Waals surface area contributed by atoms with Gasteiger partial charge in [0.2, 0.25) is 0 Å². The lowest BCUT2D eigenvalue weighted by Gasteiger charge is -2.49. The lowest BCUT2D eigenvalue weighted by molar-refractivity contribution is 0.0136. The van der Waals surface area contributed by atoms with E-state index in [2.05, 4.69) is 4.90 Å². The molecule has 3 heteroatoms. The molecule has 0 atom stereocenters. The monoisotopic (exact) mass is 198 g/mol. The fourth-order valence-corrected chi connectivity index (χ4v) is 2.29. The van der Waals surface area contributed by atoms with Crippen LogP contribution in [0.5, 0.6) is 0 Å². The predicted molar refractivity (Wildman–Crippen MR) is 57.0 cm³/mol. The summed E-state index contributed by atoms with van der Waals surface area (Å²) in [5, 5.41) is 9.58. The highest BCUT2D eigenvalue weighted by molar-refractivity contribution is 5.08.